The van der Waals surface area contributed by atoms with E-state index in [-0.39, 0.29) is 11.8 Å². The van der Waals surface area contributed by atoms with E-state index in [9.17, 15) is 13.6 Å². The first-order valence-electron chi connectivity index (χ1n) is 8.79. The van der Waals surface area contributed by atoms with Crippen molar-refractivity contribution in [2.24, 2.45) is 0 Å². The van der Waals surface area contributed by atoms with E-state index in [0.717, 1.165) is 38.2 Å². The van der Waals surface area contributed by atoms with Crippen LogP contribution >= 0.6 is 0 Å². The predicted octanol–water partition coefficient (Wildman–Crippen LogP) is 5.49. The molecule has 0 saturated carbocycles. The van der Waals surface area contributed by atoms with Gasteiger partial charge in [0, 0.05) is 30.3 Å². The summed E-state index contributed by atoms with van der Waals surface area (Å²) in [6, 6.07) is 2.32. The Bertz CT molecular complexity index is 548. The number of anilines is 1. The van der Waals surface area contributed by atoms with Crippen LogP contribution in [0.1, 0.15) is 71.3 Å². The molecule has 3 nitrogen and oxygen atoms in total. The van der Waals surface area contributed by atoms with Gasteiger partial charge in [0.25, 0.3) is 0 Å². The third-order valence-corrected chi connectivity index (χ3v) is 4.62. The molecule has 0 fully saturated rings. The lowest BCUT2D eigenvalue weighted by atomic mass is 9.75. The molecule has 0 amide bonds. The van der Waals surface area contributed by atoms with E-state index in [1.165, 1.54) is 6.07 Å². The average molecular weight is 341 g/mol. The summed E-state index contributed by atoms with van der Waals surface area (Å²) in [7, 11) is 0. The Morgan fingerprint density at radius 2 is 1.92 bits per heavy atom. The summed E-state index contributed by atoms with van der Waals surface area (Å²) in [5.74, 6) is -1.88. The predicted molar refractivity (Wildman–Crippen MR) is 93.5 cm³/mol. The van der Waals surface area contributed by atoms with Gasteiger partial charge in [0.2, 0.25) is 0 Å². The number of aliphatic carboxylic acids is 1. The maximum Gasteiger partial charge on any atom is 0.303 e. The van der Waals surface area contributed by atoms with Crippen LogP contribution < -0.4 is 5.32 Å². The summed E-state index contributed by atoms with van der Waals surface area (Å²) in [6.45, 7) is 6.67. The molecule has 1 aromatic carbocycles. The smallest absolute Gasteiger partial charge is 0.303 e. The van der Waals surface area contributed by atoms with Gasteiger partial charge in [-0.15, -0.1) is 0 Å². The molecule has 0 radical (unpaired) electrons. The monoisotopic (exact) mass is 341 g/mol. The van der Waals surface area contributed by atoms with Crippen LogP contribution in [-0.4, -0.2) is 17.6 Å². The number of carbonyl (C=O) groups is 1. The Balaban J connectivity index is 2.84. The summed E-state index contributed by atoms with van der Waals surface area (Å²) in [6.07, 6.45) is 4.84. The third kappa shape index (κ3) is 5.77. The standard InChI is InChI=1S/C19H29F2NO2/c1-4-10-19(3,5-2)18-15(21)12-14(20)13-16(18)22-11-8-6-7-9-17(23)24/h12-13,22H,4-11H2,1-3H3,(H,23,24). The van der Waals surface area contributed by atoms with Crippen LogP contribution in [0, 0.1) is 11.6 Å². The van der Waals surface area contributed by atoms with E-state index in [4.69, 9.17) is 5.11 Å². The molecule has 0 saturated heterocycles. The summed E-state index contributed by atoms with van der Waals surface area (Å²) in [5.41, 5.74) is 0.736. The number of hydrogen-bond donors (Lipinski definition) is 2. The first-order chi connectivity index (χ1) is 11.3. The number of hydrogen-bond acceptors (Lipinski definition) is 2. The van der Waals surface area contributed by atoms with Gasteiger partial charge in [0.15, 0.2) is 0 Å². The van der Waals surface area contributed by atoms with Gasteiger partial charge in [-0.2, -0.15) is 0 Å². The van der Waals surface area contributed by atoms with Gasteiger partial charge < -0.3 is 10.4 Å². The minimum atomic E-state index is -0.796. The summed E-state index contributed by atoms with van der Waals surface area (Å²) < 4.78 is 28.1. The molecule has 0 spiro atoms. The zero-order valence-corrected chi connectivity index (χ0v) is 14.9. The van der Waals surface area contributed by atoms with E-state index in [1.54, 1.807) is 0 Å². The number of rotatable bonds is 11. The second-order valence-electron chi connectivity index (χ2n) is 6.61. The van der Waals surface area contributed by atoms with Crippen molar-refractivity contribution in [3.05, 3.63) is 29.3 Å². The minimum absolute atomic E-state index is 0.157. The third-order valence-electron chi connectivity index (χ3n) is 4.62. The lowest BCUT2D eigenvalue weighted by molar-refractivity contribution is -0.137. The van der Waals surface area contributed by atoms with Crippen molar-refractivity contribution in [1.82, 2.24) is 0 Å². The maximum atomic E-state index is 14.5. The second-order valence-corrected chi connectivity index (χ2v) is 6.61. The van der Waals surface area contributed by atoms with Crippen molar-refractivity contribution in [2.75, 3.05) is 11.9 Å². The molecule has 5 heteroatoms. The van der Waals surface area contributed by atoms with Crippen LogP contribution in [0.5, 0.6) is 0 Å². The molecule has 0 aliphatic heterocycles. The van der Waals surface area contributed by atoms with Gasteiger partial charge in [-0.3, -0.25) is 4.79 Å². The van der Waals surface area contributed by atoms with Crippen molar-refractivity contribution >= 4 is 11.7 Å². The van der Waals surface area contributed by atoms with Crippen molar-refractivity contribution in [3.63, 3.8) is 0 Å². The van der Waals surface area contributed by atoms with Gasteiger partial charge in [0.1, 0.15) is 11.6 Å². The molecular weight excluding hydrogens is 312 g/mol. The van der Waals surface area contributed by atoms with Crippen molar-refractivity contribution in [2.45, 2.75) is 71.1 Å². The molecule has 2 N–H and O–H groups in total. The van der Waals surface area contributed by atoms with Gasteiger partial charge in [-0.05, 0) is 37.2 Å². The average Bonchev–Trinajstić information content (AvgIpc) is 2.49. The van der Waals surface area contributed by atoms with Crippen LogP contribution in [0.4, 0.5) is 14.5 Å². The van der Waals surface area contributed by atoms with E-state index in [2.05, 4.69) is 12.2 Å². The van der Waals surface area contributed by atoms with E-state index >= 15 is 0 Å². The number of nitrogens with one attached hydrogen (secondary N) is 1. The number of carboxylic acids is 1. The lowest BCUT2D eigenvalue weighted by Crippen LogP contribution is -2.24. The molecule has 0 aliphatic carbocycles. The quantitative estimate of drug-likeness (QED) is 0.523. The lowest BCUT2D eigenvalue weighted by Gasteiger charge is -2.31. The highest BCUT2D eigenvalue weighted by atomic mass is 19.1. The van der Waals surface area contributed by atoms with Crippen LogP contribution in [0.15, 0.2) is 12.1 Å². The molecule has 24 heavy (non-hydrogen) atoms. The topological polar surface area (TPSA) is 49.3 Å². The van der Waals surface area contributed by atoms with Gasteiger partial charge in [0.05, 0.1) is 0 Å². The molecule has 0 aliphatic rings. The highest BCUT2D eigenvalue weighted by molar-refractivity contribution is 5.66. The van der Waals surface area contributed by atoms with Gasteiger partial charge in [-0.25, -0.2) is 8.78 Å². The fraction of sp³-hybridized carbons (Fsp3) is 0.632. The SMILES string of the molecule is CCCC(C)(CC)c1c(F)cc(F)cc1NCCCCCC(=O)O. The van der Waals surface area contributed by atoms with Crippen molar-refractivity contribution < 1.29 is 18.7 Å². The molecule has 136 valence electrons. The molecule has 0 bridgehead atoms. The van der Waals surface area contributed by atoms with Gasteiger partial charge >= 0.3 is 5.97 Å². The molecular formula is C19H29F2NO2. The molecule has 1 rings (SSSR count). The number of unbranched alkanes of at least 4 members (excludes halogenated alkanes) is 2. The molecule has 1 atom stereocenters. The first kappa shape index (κ1) is 20.4. The zero-order chi connectivity index (χ0) is 18.2. The highest BCUT2D eigenvalue weighted by Gasteiger charge is 2.30. The van der Waals surface area contributed by atoms with E-state index in [1.807, 2.05) is 13.8 Å². The largest absolute Gasteiger partial charge is 0.481 e. The second kappa shape index (κ2) is 9.60. The summed E-state index contributed by atoms with van der Waals surface area (Å²) in [4.78, 5) is 10.5. The summed E-state index contributed by atoms with van der Waals surface area (Å²) >= 11 is 0. The fourth-order valence-corrected chi connectivity index (χ4v) is 3.16. The minimum Gasteiger partial charge on any atom is -0.481 e. The maximum absolute atomic E-state index is 14.5. The van der Waals surface area contributed by atoms with Crippen LogP contribution in [-0.2, 0) is 10.2 Å². The molecule has 1 aromatic rings. The number of benzene rings is 1. The normalized spacial score (nSPS) is 13.5. The molecule has 0 heterocycles. The Labute approximate surface area is 143 Å². The fourth-order valence-electron chi connectivity index (χ4n) is 3.16. The Morgan fingerprint density at radius 1 is 1.21 bits per heavy atom. The van der Waals surface area contributed by atoms with Crippen molar-refractivity contribution in [1.29, 1.82) is 0 Å². The first-order valence-corrected chi connectivity index (χ1v) is 8.79. The van der Waals surface area contributed by atoms with Crippen LogP contribution in [0.25, 0.3) is 0 Å². The van der Waals surface area contributed by atoms with Gasteiger partial charge in [-0.1, -0.05) is 33.6 Å². The summed E-state index contributed by atoms with van der Waals surface area (Å²) in [5, 5.41) is 11.8. The van der Waals surface area contributed by atoms with Crippen LogP contribution in [0.2, 0.25) is 0 Å². The van der Waals surface area contributed by atoms with Crippen LogP contribution in [0.3, 0.4) is 0 Å². The highest BCUT2D eigenvalue weighted by Crippen LogP contribution is 2.39. The molecule has 0 aromatic heterocycles. The molecule has 1 unspecified atom stereocenters. The Hall–Kier alpha value is -1.65. The van der Waals surface area contributed by atoms with E-state index < -0.39 is 17.6 Å². The Morgan fingerprint density at radius 3 is 2.50 bits per heavy atom. The Kier molecular flexibility index (Phi) is 8.16. The van der Waals surface area contributed by atoms with Crippen molar-refractivity contribution in [3.8, 4) is 0 Å². The number of halogens is 2. The zero-order valence-electron chi connectivity index (χ0n) is 14.9. The number of carboxylic acid groups (broad SMARTS) is 1. The van der Waals surface area contributed by atoms with E-state index in [0.29, 0.717) is 24.2 Å².